The zero-order valence-electron chi connectivity index (χ0n) is 9.13. The number of pyridine rings is 1. The molecule has 0 saturated carbocycles. The van der Waals surface area contributed by atoms with Crippen LogP contribution in [0.2, 0.25) is 0 Å². The van der Waals surface area contributed by atoms with E-state index in [1.54, 1.807) is 6.92 Å². The maximum Gasteiger partial charge on any atom is 0.357 e. The number of aromatic nitrogens is 3. The van der Waals surface area contributed by atoms with Gasteiger partial charge < -0.3 is 4.74 Å². The van der Waals surface area contributed by atoms with Crippen LogP contribution < -0.4 is 0 Å². The van der Waals surface area contributed by atoms with Crippen LogP contribution >= 0.6 is 0 Å². The van der Waals surface area contributed by atoms with E-state index >= 15 is 0 Å². The predicted octanol–water partition coefficient (Wildman–Crippen LogP) is 1.58. The van der Waals surface area contributed by atoms with E-state index in [9.17, 15) is 9.18 Å². The molecular weight excluding hydrogens is 225 g/mol. The summed E-state index contributed by atoms with van der Waals surface area (Å²) in [7, 11) is 0. The Kier molecular flexibility index (Phi) is 3.13. The minimum atomic E-state index is -0.560. The van der Waals surface area contributed by atoms with Crippen LogP contribution in [0.5, 0.6) is 0 Å². The van der Waals surface area contributed by atoms with Crippen molar-refractivity contribution in [2.45, 2.75) is 6.92 Å². The molecule has 2 heterocycles. The molecule has 0 saturated heterocycles. The highest BCUT2D eigenvalue weighted by molar-refractivity contribution is 5.88. The van der Waals surface area contributed by atoms with E-state index in [4.69, 9.17) is 4.74 Å². The number of nitrogens with zero attached hydrogens (tertiary/aromatic N) is 3. The molecule has 0 bridgehead atoms. The monoisotopic (exact) mass is 235 g/mol. The lowest BCUT2D eigenvalue weighted by Crippen LogP contribution is -2.13. The summed E-state index contributed by atoms with van der Waals surface area (Å²) in [6.07, 6.45) is 2.81. The molecule has 0 fully saturated rings. The number of hydrogen-bond acceptors (Lipinski definition) is 4. The van der Waals surface area contributed by atoms with Gasteiger partial charge in [0.15, 0.2) is 17.3 Å². The molecule has 17 heavy (non-hydrogen) atoms. The van der Waals surface area contributed by atoms with Gasteiger partial charge >= 0.3 is 5.97 Å². The first kappa shape index (κ1) is 11.3. The summed E-state index contributed by atoms with van der Waals surface area (Å²) in [4.78, 5) is 15.4. The summed E-state index contributed by atoms with van der Waals surface area (Å²) >= 11 is 0. The Hall–Kier alpha value is -2.24. The quantitative estimate of drug-likeness (QED) is 0.758. The summed E-state index contributed by atoms with van der Waals surface area (Å²) in [5.41, 5.74) is 0.143. The zero-order chi connectivity index (χ0) is 12.3. The van der Waals surface area contributed by atoms with Gasteiger partial charge in [0.25, 0.3) is 0 Å². The van der Waals surface area contributed by atoms with Crippen molar-refractivity contribution in [1.29, 1.82) is 0 Å². The van der Waals surface area contributed by atoms with Crippen molar-refractivity contribution in [1.82, 2.24) is 14.8 Å². The van der Waals surface area contributed by atoms with Crippen molar-refractivity contribution in [2.75, 3.05) is 6.61 Å². The molecule has 5 nitrogen and oxygen atoms in total. The predicted molar refractivity (Wildman–Crippen MR) is 57.3 cm³/mol. The number of esters is 1. The van der Waals surface area contributed by atoms with Gasteiger partial charge in [0, 0.05) is 6.20 Å². The number of carbonyl (C=O) groups excluding carboxylic acids is 1. The van der Waals surface area contributed by atoms with Gasteiger partial charge in [-0.2, -0.15) is 5.10 Å². The average Bonchev–Trinajstić information content (AvgIpc) is 2.79. The summed E-state index contributed by atoms with van der Waals surface area (Å²) in [5.74, 6) is -1.14. The average molecular weight is 235 g/mol. The second-order valence-electron chi connectivity index (χ2n) is 3.16. The fraction of sp³-hybridized carbons (Fsp3) is 0.182. The molecule has 0 spiro atoms. The topological polar surface area (TPSA) is 57.0 Å². The standard InChI is InChI=1S/C11H10FN3O2/c1-2-17-11(16)9-5-7-14-15(9)10-8(12)4-3-6-13-10/h3-7H,2H2,1H3. The van der Waals surface area contributed by atoms with Crippen molar-refractivity contribution >= 4 is 5.97 Å². The van der Waals surface area contributed by atoms with Crippen LogP contribution in [0.3, 0.4) is 0 Å². The van der Waals surface area contributed by atoms with Crippen LogP contribution in [0.4, 0.5) is 4.39 Å². The first-order chi connectivity index (χ1) is 8.24. The minimum Gasteiger partial charge on any atom is -0.461 e. The second kappa shape index (κ2) is 4.73. The van der Waals surface area contributed by atoms with Gasteiger partial charge in [0.2, 0.25) is 0 Å². The first-order valence-electron chi connectivity index (χ1n) is 5.06. The lowest BCUT2D eigenvalue weighted by molar-refractivity contribution is 0.0515. The molecule has 6 heteroatoms. The van der Waals surface area contributed by atoms with E-state index in [0.29, 0.717) is 0 Å². The number of rotatable bonds is 3. The van der Waals surface area contributed by atoms with E-state index in [-0.39, 0.29) is 18.1 Å². The largest absolute Gasteiger partial charge is 0.461 e. The molecule has 0 aromatic carbocycles. The van der Waals surface area contributed by atoms with Gasteiger partial charge in [0.05, 0.1) is 12.8 Å². The van der Waals surface area contributed by atoms with E-state index in [1.807, 2.05) is 0 Å². The first-order valence-corrected chi connectivity index (χ1v) is 5.06. The summed E-state index contributed by atoms with van der Waals surface area (Å²) in [6.45, 7) is 1.94. The van der Waals surface area contributed by atoms with Crippen molar-refractivity contribution in [3.05, 3.63) is 42.1 Å². The molecular formula is C11H10FN3O2. The van der Waals surface area contributed by atoms with Crippen molar-refractivity contribution < 1.29 is 13.9 Å². The van der Waals surface area contributed by atoms with Crippen molar-refractivity contribution in [3.8, 4) is 5.82 Å². The van der Waals surface area contributed by atoms with Crippen LogP contribution in [0, 0.1) is 5.82 Å². The molecule has 0 radical (unpaired) electrons. The second-order valence-corrected chi connectivity index (χ2v) is 3.16. The van der Waals surface area contributed by atoms with Crippen molar-refractivity contribution in [3.63, 3.8) is 0 Å². The Morgan fingerprint density at radius 3 is 3.00 bits per heavy atom. The maximum absolute atomic E-state index is 13.5. The molecule has 0 atom stereocenters. The van der Waals surface area contributed by atoms with Crippen LogP contribution in [0.15, 0.2) is 30.6 Å². The van der Waals surface area contributed by atoms with Gasteiger partial charge in [-0.15, -0.1) is 0 Å². The molecule has 0 N–H and O–H groups in total. The number of carbonyl (C=O) groups is 1. The maximum atomic E-state index is 13.5. The lowest BCUT2D eigenvalue weighted by atomic mass is 10.4. The normalized spacial score (nSPS) is 10.2. The third-order valence-corrected chi connectivity index (χ3v) is 2.07. The Balaban J connectivity index is 2.44. The van der Waals surface area contributed by atoms with E-state index in [0.717, 1.165) is 4.68 Å². The minimum absolute atomic E-state index is 0.0273. The molecule has 0 aliphatic heterocycles. The highest BCUT2D eigenvalue weighted by Gasteiger charge is 2.17. The Bertz CT molecular complexity index is 539. The Labute approximate surface area is 96.9 Å². The molecule has 2 rings (SSSR count). The van der Waals surface area contributed by atoms with E-state index < -0.39 is 11.8 Å². The van der Waals surface area contributed by atoms with Crippen LogP contribution in [0.25, 0.3) is 5.82 Å². The molecule has 2 aromatic heterocycles. The summed E-state index contributed by atoms with van der Waals surface area (Å²) < 4.78 is 19.5. The zero-order valence-corrected chi connectivity index (χ0v) is 9.13. The van der Waals surface area contributed by atoms with Gasteiger partial charge in [0.1, 0.15) is 0 Å². The van der Waals surface area contributed by atoms with Gasteiger partial charge in [-0.1, -0.05) is 0 Å². The van der Waals surface area contributed by atoms with Gasteiger partial charge in [-0.3, -0.25) is 0 Å². The molecule has 0 unspecified atom stereocenters. The number of ether oxygens (including phenoxy) is 1. The van der Waals surface area contributed by atoms with E-state index in [2.05, 4.69) is 10.1 Å². The molecule has 0 amide bonds. The molecule has 2 aromatic rings. The summed E-state index contributed by atoms with van der Waals surface area (Å²) in [5, 5.41) is 3.86. The molecule has 88 valence electrons. The smallest absolute Gasteiger partial charge is 0.357 e. The Morgan fingerprint density at radius 1 is 1.47 bits per heavy atom. The SMILES string of the molecule is CCOC(=O)c1ccnn1-c1ncccc1F. The lowest BCUT2D eigenvalue weighted by Gasteiger charge is -2.06. The van der Waals surface area contributed by atoms with Crippen molar-refractivity contribution in [2.24, 2.45) is 0 Å². The molecule has 0 aliphatic rings. The molecule has 0 aliphatic carbocycles. The van der Waals surface area contributed by atoms with Crippen LogP contribution in [-0.2, 0) is 4.74 Å². The van der Waals surface area contributed by atoms with Gasteiger partial charge in [-0.25, -0.2) is 18.9 Å². The highest BCUT2D eigenvalue weighted by atomic mass is 19.1. The Morgan fingerprint density at radius 2 is 2.29 bits per heavy atom. The number of hydrogen-bond donors (Lipinski definition) is 0. The fourth-order valence-electron chi connectivity index (χ4n) is 1.36. The summed E-state index contributed by atoms with van der Waals surface area (Å²) in [6, 6.07) is 4.16. The van der Waals surface area contributed by atoms with E-state index in [1.165, 1.54) is 30.6 Å². The fourth-order valence-corrected chi connectivity index (χ4v) is 1.36. The third kappa shape index (κ3) is 2.15. The number of halogens is 1. The van der Waals surface area contributed by atoms with Gasteiger partial charge in [-0.05, 0) is 25.1 Å². The van der Waals surface area contributed by atoms with Crippen LogP contribution in [-0.4, -0.2) is 27.3 Å². The third-order valence-electron chi connectivity index (χ3n) is 2.07. The highest BCUT2D eigenvalue weighted by Crippen LogP contribution is 2.12. The van der Waals surface area contributed by atoms with Crippen LogP contribution in [0.1, 0.15) is 17.4 Å².